The Bertz CT molecular complexity index is 2130. The van der Waals surface area contributed by atoms with E-state index in [0.29, 0.717) is 17.5 Å². The van der Waals surface area contributed by atoms with Crippen molar-refractivity contribution in [3.8, 4) is 56.4 Å². The molecule has 1 aliphatic rings. The molecule has 0 unspecified atom stereocenters. The van der Waals surface area contributed by atoms with Crippen LogP contribution in [0.3, 0.4) is 0 Å². The van der Waals surface area contributed by atoms with Gasteiger partial charge < -0.3 is 0 Å². The maximum atomic E-state index is 5.13. The van der Waals surface area contributed by atoms with Gasteiger partial charge in [-0.05, 0) is 56.3 Å². The first-order valence-electron chi connectivity index (χ1n) is 14.6. The minimum atomic E-state index is -0.164. The summed E-state index contributed by atoms with van der Waals surface area (Å²) in [4.78, 5) is 19.4. The second-order valence-corrected chi connectivity index (χ2v) is 11.5. The Labute approximate surface area is 250 Å². The van der Waals surface area contributed by atoms with E-state index in [4.69, 9.17) is 15.0 Å². The van der Waals surface area contributed by atoms with Crippen LogP contribution in [0, 0.1) is 0 Å². The van der Waals surface area contributed by atoms with Crippen LogP contribution in [0.4, 0.5) is 0 Å². The van der Waals surface area contributed by atoms with Crippen molar-refractivity contribution in [2.24, 2.45) is 0 Å². The van der Waals surface area contributed by atoms with Crippen molar-refractivity contribution >= 4 is 10.8 Å². The van der Waals surface area contributed by atoms with Crippen molar-refractivity contribution in [1.29, 1.82) is 0 Å². The molecule has 0 amide bonds. The van der Waals surface area contributed by atoms with Crippen molar-refractivity contribution in [3.63, 3.8) is 0 Å². The highest BCUT2D eigenvalue weighted by molar-refractivity contribution is 6.01. The van der Waals surface area contributed by atoms with E-state index in [1.165, 1.54) is 33.0 Å². The van der Waals surface area contributed by atoms with Gasteiger partial charge in [0.25, 0.3) is 0 Å². The van der Waals surface area contributed by atoms with Gasteiger partial charge in [0.15, 0.2) is 17.5 Å². The highest BCUT2D eigenvalue weighted by Crippen LogP contribution is 2.54. The second-order valence-electron chi connectivity index (χ2n) is 11.5. The lowest BCUT2D eigenvalue weighted by Crippen LogP contribution is -2.15. The molecule has 0 fully saturated rings. The Morgan fingerprint density at radius 2 is 1.09 bits per heavy atom. The normalized spacial score (nSPS) is 13.1. The number of rotatable bonds is 4. The van der Waals surface area contributed by atoms with Gasteiger partial charge in [-0.15, -0.1) is 0 Å². The van der Waals surface area contributed by atoms with Gasteiger partial charge in [0.1, 0.15) is 0 Å². The van der Waals surface area contributed by atoms with Crippen LogP contribution in [-0.2, 0) is 5.41 Å². The molecule has 5 aromatic carbocycles. The predicted molar refractivity (Wildman–Crippen MR) is 174 cm³/mol. The molecule has 0 spiro atoms. The van der Waals surface area contributed by atoms with Gasteiger partial charge in [0.05, 0.1) is 0 Å². The number of fused-ring (bicyclic) bond motifs is 5. The van der Waals surface area contributed by atoms with Crippen LogP contribution in [0.5, 0.6) is 0 Å². The maximum Gasteiger partial charge on any atom is 0.164 e. The summed E-state index contributed by atoms with van der Waals surface area (Å²) in [5.41, 5.74) is 10.1. The van der Waals surface area contributed by atoms with Crippen molar-refractivity contribution in [3.05, 3.63) is 145 Å². The Morgan fingerprint density at radius 3 is 1.86 bits per heavy atom. The lowest BCUT2D eigenvalue weighted by molar-refractivity contribution is 0.666. The fraction of sp³-hybridized carbons (Fsp3) is 0.0769. The molecule has 0 saturated heterocycles. The Morgan fingerprint density at radius 1 is 0.465 bits per heavy atom. The summed E-state index contributed by atoms with van der Waals surface area (Å²) in [6.07, 6.45) is 3.63. The number of nitrogens with zero attached hydrogens (tertiary/aromatic N) is 4. The third kappa shape index (κ3) is 4.14. The Kier molecular flexibility index (Phi) is 5.76. The number of aromatic nitrogens is 4. The minimum Gasteiger partial charge on any atom is -0.265 e. The second kappa shape index (κ2) is 9.81. The van der Waals surface area contributed by atoms with Gasteiger partial charge in [-0.2, -0.15) is 0 Å². The van der Waals surface area contributed by atoms with Crippen LogP contribution in [0.1, 0.15) is 25.0 Å². The number of hydrogen-bond acceptors (Lipinski definition) is 4. The monoisotopic (exact) mass is 552 g/mol. The first-order valence-corrected chi connectivity index (χ1v) is 14.6. The molecule has 0 saturated carbocycles. The highest BCUT2D eigenvalue weighted by atomic mass is 15.0. The molecule has 0 bridgehead atoms. The molecule has 4 heteroatoms. The number of pyridine rings is 1. The molecule has 0 radical (unpaired) electrons. The zero-order chi connectivity index (χ0) is 29.0. The molecule has 4 nitrogen and oxygen atoms in total. The number of benzene rings is 5. The average Bonchev–Trinajstić information content (AvgIpc) is 3.32. The topological polar surface area (TPSA) is 51.6 Å². The third-order valence-corrected chi connectivity index (χ3v) is 8.63. The maximum absolute atomic E-state index is 5.13. The first kappa shape index (κ1) is 25.2. The molecule has 2 aromatic heterocycles. The van der Waals surface area contributed by atoms with E-state index in [1.54, 1.807) is 0 Å². The summed E-state index contributed by atoms with van der Waals surface area (Å²) in [5, 5.41) is 2.55. The van der Waals surface area contributed by atoms with E-state index in [-0.39, 0.29) is 5.41 Å². The van der Waals surface area contributed by atoms with E-state index in [1.807, 2.05) is 42.7 Å². The zero-order valence-corrected chi connectivity index (χ0v) is 24.0. The summed E-state index contributed by atoms with van der Waals surface area (Å²) in [5.74, 6) is 1.99. The van der Waals surface area contributed by atoms with E-state index >= 15 is 0 Å². The molecule has 204 valence electrons. The van der Waals surface area contributed by atoms with Crippen LogP contribution in [0.2, 0.25) is 0 Å². The van der Waals surface area contributed by atoms with Crippen molar-refractivity contribution in [1.82, 2.24) is 19.9 Å². The smallest absolute Gasteiger partial charge is 0.164 e. The van der Waals surface area contributed by atoms with Gasteiger partial charge in [-0.1, -0.05) is 123 Å². The van der Waals surface area contributed by atoms with Crippen LogP contribution in [-0.4, -0.2) is 19.9 Å². The van der Waals surface area contributed by atoms with Gasteiger partial charge in [0.2, 0.25) is 0 Å². The molecular formula is C39H28N4. The molecule has 0 N–H and O–H groups in total. The third-order valence-electron chi connectivity index (χ3n) is 8.63. The Hall–Kier alpha value is -5.48. The summed E-state index contributed by atoms with van der Waals surface area (Å²) in [7, 11) is 0. The van der Waals surface area contributed by atoms with Crippen LogP contribution < -0.4 is 0 Å². The summed E-state index contributed by atoms with van der Waals surface area (Å²) >= 11 is 0. The van der Waals surface area contributed by atoms with Crippen LogP contribution in [0.15, 0.2) is 134 Å². The molecule has 0 aliphatic heterocycles. The summed E-state index contributed by atoms with van der Waals surface area (Å²) in [6.45, 7) is 4.65. The fourth-order valence-electron chi connectivity index (χ4n) is 6.54. The quantitative estimate of drug-likeness (QED) is 0.218. The van der Waals surface area contributed by atoms with Crippen molar-refractivity contribution in [2.75, 3.05) is 0 Å². The fourth-order valence-corrected chi connectivity index (χ4v) is 6.54. The van der Waals surface area contributed by atoms with Crippen LogP contribution in [0.25, 0.3) is 67.2 Å². The molecular weight excluding hydrogens is 524 g/mol. The van der Waals surface area contributed by atoms with Gasteiger partial charge in [-0.3, -0.25) is 4.98 Å². The average molecular weight is 553 g/mol. The lowest BCUT2D eigenvalue weighted by Gasteiger charge is -2.23. The van der Waals surface area contributed by atoms with Crippen molar-refractivity contribution in [2.45, 2.75) is 19.3 Å². The molecule has 2 heterocycles. The molecule has 1 aliphatic carbocycles. The first-order chi connectivity index (χ1) is 21.1. The van der Waals surface area contributed by atoms with E-state index in [2.05, 4.69) is 110 Å². The highest BCUT2D eigenvalue weighted by Gasteiger charge is 2.38. The SMILES string of the molecule is CC1(C)c2cccc(-c3nc(-c4ccccc4)nc(-c4ccc(-c5ccncc5)cc4)n3)c2-c2ccc3ccccc3c21. The lowest BCUT2D eigenvalue weighted by atomic mass is 9.80. The Balaban J connectivity index is 1.33. The summed E-state index contributed by atoms with van der Waals surface area (Å²) in [6, 6.07) is 42.3. The van der Waals surface area contributed by atoms with Gasteiger partial charge in [-0.25, -0.2) is 15.0 Å². The summed E-state index contributed by atoms with van der Waals surface area (Å²) < 4.78 is 0. The van der Waals surface area contributed by atoms with Gasteiger partial charge in [0, 0.05) is 34.5 Å². The molecule has 8 rings (SSSR count). The van der Waals surface area contributed by atoms with E-state index in [9.17, 15) is 0 Å². The molecule has 7 aromatic rings. The van der Waals surface area contributed by atoms with Gasteiger partial charge >= 0.3 is 0 Å². The molecule has 0 atom stereocenters. The van der Waals surface area contributed by atoms with E-state index < -0.39 is 0 Å². The van der Waals surface area contributed by atoms with Crippen LogP contribution >= 0.6 is 0 Å². The standard InChI is InChI=1S/C39H28N4/c1-39(2)33-14-8-13-32(34(33)31-20-19-27-9-6-7-12-30(27)35(31)39)38-42-36(28-10-4-3-5-11-28)41-37(43-38)29-17-15-25(16-18-29)26-21-23-40-24-22-26/h3-24H,1-2H3. The minimum absolute atomic E-state index is 0.164. The van der Waals surface area contributed by atoms with Crippen molar-refractivity contribution < 1.29 is 0 Å². The number of hydrogen-bond donors (Lipinski definition) is 0. The molecule has 43 heavy (non-hydrogen) atoms. The van der Waals surface area contributed by atoms with E-state index in [0.717, 1.165) is 27.8 Å². The largest absolute Gasteiger partial charge is 0.265 e. The zero-order valence-electron chi connectivity index (χ0n) is 24.0. The predicted octanol–water partition coefficient (Wildman–Crippen LogP) is 9.39.